The van der Waals surface area contributed by atoms with Gasteiger partial charge >= 0.3 is 0 Å². The van der Waals surface area contributed by atoms with Crippen LogP contribution in [0.15, 0.2) is 12.1 Å². The van der Waals surface area contributed by atoms with Gasteiger partial charge in [0.15, 0.2) is 11.5 Å². The average Bonchev–Trinajstić information content (AvgIpc) is 2.88. The Hall–Kier alpha value is -1.82. The van der Waals surface area contributed by atoms with Gasteiger partial charge in [-0.3, -0.25) is 0 Å². The van der Waals surface area contributed by atoms with Crippen LogP contribution in [0.3, 0.4) is 0 Å². The molecule has 0 amide bonds. The molecule has 0 radical (unpaired) electrons. The highest BCUT2D eigenvalue weighted by atomic mass is 16.6. The Labute approximate surface area is 117 Å². The number of aromatic nitrogens is 3. The fraction of sp³-hybridized carbons (Fsp3) is 0.571. The molecule has 106 valence electrons. The highest BCUT2D eigenvalue weighted by Gasteiger charge is 2.19. The molecule has 0 aliphatic carbocycles. The molecule has 1 aromatic heterocycles. The van der Waals surface area contributed by atoms with Crippen LogP contribution in [-0.2, 0) is 6.54 Å². The lowest BCUT2D eigenvalue weighted by atomic mass is 10.00. The maximum atomic E-state index is 5.64. The average molecular weight is 274 g/mol. The van der Waals surface area contributed by atoms with Crippen LogP contribution in [0, 0.1) is 5.92 Å². The zero-order valence-corrected chi connectivity index (χ0v) is 11.3. The largest absolute Gasteiger partial charge is 0.486 e. The number of rotatable bonds is 2. The van der Waals surface area contributed by atoms with E-state index in [9.17, 15) is 0 Å². The Morgan fingerprint density at radius 1 is 1.25 bits per heavy atom. The third-order valence-corrected chi connectivity index (χ3v) is 4.01. The van der Waals surface area contributed by atoms with Crippen molar-refractivity contribution in [1.29, 1.82) is 0 Å². The van der Waals surface area contributed by atoms with Gasteiger partial charge in [0.25, 0.3) is 0 Å². The maximum absolute atomic E-state index is 5.64. The molecular formula is C14H18N4O2. The maximum Gasteiger partial charge on any atom is 0.163 e. The Kier molecular flexibility index (Phi) is 2.95. The van der Waals surface area contributed by atoms with E-state index in [0.29, 0.717) is 19.1 Å². The van der Waals surface area contributed by atoms with Crippen LogP contribution in [0.2, 0.25) is 0 Å². The minimum atomic E-state index is 0.598. The summed E-state index contributed by atoms with van der Waals surface area (Å²) >= 11 is 0. The lowest BCUT2D eigenvalue weighted by Gasteiger charge is -2.22. The molecule has 1 saturated heterocycles. The summed E-state index contributed by atoms with van der Waals surface area (Å²) in [6, 6.07) is 3.92. The normalized spacial score (nSPS) is 22.1. The van der Waals surface area contributed by atoms with Gasteiger partial charge < -0.3 is 14.8 Å². The molecule has 1 atom stereocenters. The van der Waals surface area contributed by atoms with Gasteiger partial charge in [-0.1, -0.05) is 5.21 Å². The van der Waals surface area contributed by atoms with Crippen LogP contribution in [0.25, 0.3) is 11.0 Å². The van der Waals surface area contributed by atoms with Gasteiger partial charge in [-0.05, 0) is 31.8 Å². The molecule has 2 aliphatic rings. The molecule has 1 fully saturated rings. The molecule has 0 spiro atoms. The van der Waals surface area contributed by atoms with Gasteiger partial charge in [0.2, 0.25) is 0 Å². The molecule has 4 rings (SSSR count). The predicted octanol–water partition coefficient (Wildman–Crippen LogP) is 1.20. The van der Waals surface area contributed by atoms with E-state index in [1.54, 1.807) is 0 Å². The van der Waals surface area contributed by atoms with E-state index in [-0.39, 0.29) is 0 Å². The van der Waals surface area contributed by atoms with Gasteiger partial charge in [-0.2, -0.15) is 0 Å². The summed E-state index contributed by atoms with van der Waals surface area (Å²) in [6.07, 6.45) is 2.49. The lowest BCUT2D eigenvalue weighted by Crippen LogP contribution is -2.32. The zero-order valence-electron chi connectivity index (χ0n) is 11.3. The quantitative estimate of drug-likeness (QED) is 0.891. The highest BCUT2D eigenvalue weighted by Crippen LogP contribution is 2.33. The topological polar surface area (TPSA) is 61.2 Å². The number of ether oxygens (including phenoxy) is 2. The molecule has 6 heteroatoms. The molecular weight excluding hydrogens is 256 g/mol. The SMILES string of the molecule is c1c2c(cc3c1nnn3CC1CCCNC1)OCCO2. The predicted molar refractivity (Wildman–Crippen MR) is 74.1 cm³/mol. The number of nitrogens with zero attached hydrogens (tertiary/aromatic N) is 3. The van der Waals surface area contributed by atoms with Crippen LogP contribution >= 0.6 is 0 Å². The van der Waals surface area contributed by atoms with Gasteiger partial charge in [-0.15, -0.1) is 5.10 Å². The molecule has 2 aliphatic heterocycles. The van der Waals surface area contributed by atoms with Crippen molar-refractivity contribution in [2.45, 2.75) is 19.4 Å². The number of benzene rings is 1. The first-order chi connectivity index (χ1) is 9.90. The molecule has 20 heavy (non-hydrogen) atoms. The Bertz CT molecular complexity index is 619. The van der Waals surface area contributed by atoms with Crippen LogP contribution in [-0.4, -0.2) is 41.3 Å². The highest BCUT2D eigenvalue weighted by molar-refractivity contribution is 5.79. The number of fused-ring (bicyclic) bond motifs is 2. The van der Waals surface area contributed by atoms with E-state index in [4.69, 9.17) is 9.47 Å². The summed E-state index contributed by atoms with van der Waals surface area (Å²) in [5.74, 6) is 2.20. The fourth-order valence-electron chi connectivity index (χ4n) is 2.96. The number of nitrogens with one attached hydrogen (secondary N) is 1. The van der Waals surface area contributed by atoms with Crippen molar-refractivity contribution in [1.82, 2.24) is 20.3 Å². The summed E-state index contributed by atoms with van der Waals surface area (Å²) in [7, 11) is 0. The molecule has 1 unspecified atom stereocenters. The molecule has 1 N–H and O–H groups in total. The monoisotopic (exact) mass is 274 g/mol. The number of hydrogen-bond donors (Lipinski definition) is 1. The molecule has 0 bridgehead atoms. The van der Waals surface area contributed by atoms with E-state index in [1.807, 2.05) is 16.8 Å². The first kappa shape index (κ1) is 12.0. The van der Waals surface area contributed by atoms with Gasteiger partial charge in [0, 0.05) is 18.7 Å². The second-order valence-electron chi connectivity index (χ2n) is 5.47. The third kappa shape index (κ3) is 2.10. The summed E-state index contributed by atoms with van der Waals surface area (Å²) in [4.78, 5) is 0. The number of piperidine rings is 1. The molecule has 6 nitrogen and oxygen atoms in total. The third-order valence-electron chi connectivity index (χ3n) is 4.01. The summed E-state index contributed by atoms with van der Waals surface area (Å²) < 4.78 is 13.2. The van der Waals surface area contributed by atoms with E-state index < -0.39 is 0 Å². The lowest BCUT2D eigenvalue weighted by molar-refractivity contribution is 0.172. The van der Waals surface area contributed by atoms with Crippen molar-refractivity contribution >= 4 is 11.0 Å². The van der Waals surface area contributed by atoms with Crippen molar-refractivity contribution in [3.05, 3.63) is 12.1 Å². The molecule has 3 heterocycles. The molecule has 2 aromatic rings. The minimum absolute atomic E-state index is 0.598. The van der Waals surface area contributed by atoms with E-state index in [2.05, 4.69) is 15.6 Å². The fourth-order valence-corrected chi connectivity index (χ4v) is 2.96. The minimum Gasteiger partial charge on any atom is -0.486 e. The van der Waals surface area contributed by atoms with E-state index >= 15 is 0 Å². The number of hydrogen-bond acceptors (Lipinski definition) is 5. The molecule has 1 aromatic carbocycles. The summed E-state index contributed by atoms with van der Waals surface area (Å²) in [6.45, 7) is 4.30. The van der Waals surface area contributed by atoms with Crippen molar-refractivity contribution in [2.75, 3.05) is 26.3 Å². The van der Waals surface area contributed by atoms with Crippen molar-refractivity contribution in [2.24, 2.45) is 5.92 Å². The summed E-state index contributed by atoms with van der Waals surface area (Å²) in [5.41, 5.74) is 1.90. The first-order valence-electron chi connectivity index (χ1n) is 7.24. The Balaban J connectivity index is 1.65. The Morgan fingerprint density at radius 3 is 2.90 bits per heavy atom. The van der Waals surface area contributed by atoms with Crippen LogP contribution in [0.5, 0.6) is 11.5 Å². The second kappa shape index (κ2) is 4.94. The van der Waals surface area contributed by atoms with Gasteiger partial charge in [0.1, 0.15) is 18.7 Å². The van der Waals surface area contributed by atoms with E-state index in [1.165, 1.54) is 12.8 Å². The van der Waals surface area contributed by atoms with Crippen LogP contribution in [0.1, 0.15) is 12.8 Å². The molecule has 0 saturated carbocycles. The van der Waals surface area contributed by atoms with Crippen LogP contribution < -0.4 is 14.8 Å². The van der Waals surface area contributed by atoms with Crippen molar-refractivity contribution in [3.8, 4) is 11.5 Å². The second-order valence-corrected chi connectivity index (χ2v) is 5.47. The van der Waals surface area contributed by atoms with E-state index in [0.717, 1.165) is 42.2 Å². The van der Waals surface area contributed by atoms with Gasteiger partial charge in [-0.25, -0.2) is 4.68 Å². The smallest absolute Gasteiger partial charge is 0.163 e. The summed E-state index contributed by atoms with van der Waals surface area (Å²) in [5, 5.41) is 12.0. The Morgan fingerprint density at radius 2 is 2.10 bits per heavy atom. The first-order valence-corrected chi connectivity index (χ1v) is 7.24. The standard InChI is InChI=1S/C14H18N4O2/c1-2-10(8-15-3-1)9-18-12-7-14-13(19-4-5-20-14)6-11(12)16-17-18/h6-7,10,15H,1-5,8-9H2. The van der Waals surface area contributed by atoms with Crippen molar-refractivity contribution < 1.29 is 9.47 Å². The van der Waals surface area contributed by atoms with Crippen molar-refractivity contribution in [3.63, 3.8) is 0 Å². The van der Waals surface area contributed by atoms with Gasteiger partial charge in [0.05, 0.1) is 5.52 Å². The zero-order chi connectivity index (χ0) is 13.4. The van der Waals surface area contributed by atoms with Crippen LogP contribution in [0.4, 0.5) is 0 Å².